The summed E-state index contributed by atoms with van der Waals surface area (Å²) in [4.78, 5) is 11.5. The number of carboxylic acid groups (broad SMARTS) is 1. The molecule has 1 aromatic rings. The molecular weight excluding hydrogens is 242 g/mol. The van der Waals surface area contributed by atoms with E-state index < -0.39 is 11.5 Å². The first-order valence-corrected chi connectivity index (χ1v) is 6.82. The molecule has 19 heavy (non-hydrogen) atoms. The first kappa shape index (κ1) is 14.0. The summed E-state index contributed by atoms with van der Waals surface area (Å²) in [6.07, 6.45) is 5.71. The Hall–Kier alpha value is -1.39. The van der Waals surface area contributed by atoms with Crippen LogP contribution >= 0.6 is 0 Å². The summed E-state index contributed by atoms with van der Waals surface area (Å²) in [5, 5.41) is 9.41. The van der Waals surface area contributed by atoms with Crippen LogP contribution < -0.4 is 5.73 Å². The van der Waals surface area contributed by atoms with Gasteiger partial charge in [0.15, 0.2) is 5.54 Å². The second-order valence-corrected chi connectivity index (χ2v) is 5.21. The molecule has 104 valence electrons. The molecule has 4 nitrogen and oxygen atoms in total. The Labute approximate surface area is 113 Å². The molecule has 0 saturated heterocycles. The maximum atomic E-state index is 11.5. The molecule has 1 fully saturated rings. The van der Waals surface area contributed by atoms with Crippen LogP contribution in [0.25, 0.3) is 0 Å². The van der Waals surface area contributed by atoms with E-state index in [9.17, 15) is 9.90 Å². The third-order valence-corrected chi connectivity index (χ3v) is 3.77. The van der Waals surface area contributed by atoms with E-state index in [2.05, 4.69) is 0 Å². The normalized spacial score (nSPS) is 19.8. The molecule has 0 spiro atoms. The predicted octanol–water partition coefficient (Wildman–Crippen LogP) is 2.27. The number of hydrogen-bond donors (Lipinski definition) is 2. The van der Waals surface area contributed by atoms with Crippen LogP contribution in [-0.4, -0.2) is 23.8 Å². The summed E-state index contributed by atoms with van der Waals surface area (Å²) < 4.78 is 5.76. The average molecular weight is 263 g/mol. The molecule has 2 rings (SSSR count). The predicted molar refractivity (Wildman–Crippen MR) is 72.8 cm³/mol. The average Bonchev–Trinajstić information content (AvgIpc) is 2.46. The molecule has 3 N–H and O–H groups in total. The minimum absolute atomic E-state index is 0.0248. The molecule has 1 unspecified atom stereocenters. The number of benzene rings is 1. The van der Waals surface area contributed by atoms with Gasteiger partial charge in [-0.3, -0.25) is 0 Å². The summed E-state index contributed by atoms with van der Waals surface area (Å²) in [5.74, 6) is -1.05. The summed E-state index contributed by atoms with van der Waals surface area (Å²) in [6.45, 7) is 0.0248. The lowest BCUT2D eigenvalue weighted by atomic mass is 9.91. The molecule has 1 atom stereocenters. The van der Waals surface area contributed by atoms with Crippen LogP contribution in [0.5, 0.6) is 0 Å². The standard InChI is InChI=1S/C15H21NO3/c16-15(14(17)18,12-7-3-1-4-8-12)11-19-13-9-5-2-6-10-13/h1,3-4,7-8,13H,2,5-6,9-11,16H2,(H,17,18). The molecular formula is C15H21NO3. The van der Waals surface area contributed by atoms with Crippen LogP contribution in [-0.2, 0) is 15.1 Å². The van der Waals surface area contributed by atoms with E-state index >= 15 is 0 Å². The minimum atomic E-state index is -1.46. The molecule has 1 saturated carbocycles. The van der Waals surface area contributed by atoms with Crippen molar-refractivity contribution in [1.29, 1.82) is 0 Å². The van der Waals surface area contributed by atoms with Crippen molar-refractivity contribution in [2.75, 3.05) is 6.61 Å². The van der Waals surface area contributed by atoms with Crippen LogP contribution in [0.15, 0.2) is 30.3 Å². The van der Waals surface area contributed by atoms with Crippen molar-refractivity contribution in [3.8, 4) is 0 Å². The van der Waals surface area contributed by atoms with Crippen molar-refractivity contribution in [3.63, 3.8) is 0 Å². The van der Waals surface area contributed by atoms with Gasteiger partial charge in [-0.15, -0.1) is 0 Å². The fourth-order valence-corrected chi connectivity index (χ4v) is 2.49. The third-order valence-electron chi connectivity index (χ3n) is 3.77. The molecule has 0 bridgehead atoms. The highest BCUT2D eigenvalue weighted by Crippen LogP contribution is 2.24. The van der Waals surface area contributed by atoms with E-state index in [0.717, 1.165) is 25.7 Å². The van der Waals surface area contributed by atoms with Gasteiger partial charge in [-0.1, -0.05) is 49.6 Å². The van der Waals surface area contributed by atoms with E-state index in [-0.39, 0.29) is 12.7 Å². The number of aliphatic carboxylic acids is 1. The Morgan fingerprint density at radius 3 is 2.47 bits per heavy atom. The Morgan fingerprint density at radius 1 is 1.26 bits per heavy atom. The summed E-state index contributed by atoms with van der Waals surface area (Å²) in [5.41, 5.74) is 5.18. The summed E-state index contributed by atoms with van der Waals surface area (Å²) >= 11 is 0. The van der Waals surface area contributed by atoms with Crippen molar-refractivity contribution in [2.24, 2.45) is 5.73 Å². The molecule has 4 heteroatoms. The molecule has 1 aromatic carbocycles. The van der Waals surface area contributed by atoms with Crippen molar-refractivity contribution in [2.45, 2.75) is 43.7 Å². The van der Waals surface area contributed by atoms with E-state index in [0.29, 0.717) is 5.56 Å². The Kier molecular flexibility index (Phi) is 4.56. The number of rotatable bonds is 5. The summed E-state index contributed by atoms with van der Waals surface area (Å²) in [7, 11) is 0. The molecule has 0 aromatic heterocycles. The minimum Gasteiger partial charge on any atom is -0.480 e. The molecule has 1 aliphatic carbocycles. The Balaban J connectivity index is 2.05. The third kappa shape index (κ3) is 3.33. The Bertz CT molecular complexity index is 415. The maximum Gasteiger partial charge on any atom is 0.330 e. The smallest absolute Gasteiger partial charge is 0.330 e. The van der Waals surface area contributed by atoms with Crippen molar-refractivity contribution in [3.05, 3.63) is 35.9 Å². The van der Waals surface area contributed by atoms with E-state index in [1.165, 1.54) is 6.42 Å². The molecule has 0 radical (unpaired) electrons. The van der Waals surface area contributed by atoms with Crippen LogP contribution in [0.3, 0.4) is 0 Å². The van der Waals surface area contributed by atoms with Crippen LogP contribution in [0.1, 0.15) is 37.7 Å². The van der Waals surface area contributed by atoms with Gasteiger partial charge in [-0.2, -0.15) is 0 Å². The van der Waals surface area contributed by atoms with Crippen molar-refractivity contribution >= 4 is 5.97 Å². The monoisotopic (exact) mass is 263 g/mol. The molecule has 0 aliphatic heterocycles. The zero-order chi connectivity index (χ0) is 13.7. The highest BCUT2D eigenvalue weighted by molar-refractivity contribution is 5.80. The SMILES string of the molecule is NC(COC1CCCCC1)(C(=O)O)c1ccccc1. The zero-order valence-electron chi connectivity index (χ0n) is 11.0. The van der Waals surface area contributed by atoms with Gasteiger partial charge in [0.05, 0.1) is 12.7 Å². The van der Waals surface area contributed by atoms with Crippen LogP contribution in [0.2, 0.25) is 0 Å². The number of nitrogens with two attached hydrogens (primary N) is 1. The van der Waals surface area contributed by atoms with Gasteiger partial charge in [-0.05, 0) is 18.4 Å². The zero-order valence-corrected chi connectivity index (χ0v) is 11.0. The lowest BCUT2D eigenvalue weighted by Gasteiger charge is -2.29. The number of ether oxygens (including phenoxy) is 1. The molecule has 0 amide bonds. The van der Waals surface area contributed by atoms with Gasteiger partial charge in [-0.25, -0.2) is 4.79 Å². The lowest BCUT2D eigenvalue weighted by molar-refractivity contribution is -0.147. The fourth-order valence-electron chi connectivity index (χ4n) is 2.49. The quantitative estimate of drug-likeness (QED) is 0.854. The fraction of sp³-hybridized carbons (Fsp3) is 0.533. The van der Waals surface area contributed by atoms with Gasteiger partial charge in [0.1, 0.15) is 0 Å². The van der Waals surface area contributed by atoms with Gasteiger partial charge < -0.3 is 15.6 Å². The van der Waals surface area contributed by atoms with Gasteiger partial charge in [0.2, 0.25) is 0 Å². The van der Waals surface area contributed by atoms with E-state index in [1.807, 2.05) is 6.07 Å². The first-order valence-electron chi connectivity index (χ1n) is 6.82. The van der Waals surface area contributed by atoms with Crippen LogP contribution in [0.4, 0.5) is 0 Å². The van der Waals surface area contributed by atoms with Crippen LogP contribution in [0, 0.1) is 0 Å². The molecule has 1 aliphatic rings. The number of carboxylic acids is 1. The van der Waals surface area contributed by atoms with E-state index in [4.69, 9.17) is 10.5 Å². The van der Waals surface area contributed by atoms with Crippen molar-refractivity contribution in [1.82, 2.24) is 0 Å². The summed E-state index contributed by atoms with van der Waals surface area (Å²) in [6, 6.07) is 8.89. The number of carbonyl (C=O) groups is 1. The van der Waals surface area contributed by atoms with E-state index in [1.54, 1.807) is 24.3 Å². The topological polar surface area (TPSA) is 72.5 Å². The first-order chi connectivity index (χ1) is 9.13. The second kappa shape index (κ2) is 6.17. The van der Waals surface area contributed by atoms with Crippen molar-refractivity contribution < 1.29 is 14.6 Å². The van der Waals surface area contributed by atoms with Gasteiger partial charge >= 0.3 is 5.97 Å². The van der Waals surface area contributed by atoms with Gasteiger partial charge in [0, 0.05) is 0 Å². The Morgan fingerprint density at radius 2 is 1.89 bits per heavy atom. The number of hydrogen-bond acceptors (Lipinski definition) is 3. The van der Waals surface area contributed by atoms with Gasteiger partial charge in [0.25, 0.3) is 0 Å². The molecule has 0 heterocycles. The second-order valence-electron chi connectivity index (χ2n) is 5.21. The lowest BCUT2D eigenvalue weighted by Crippen LogP contribution is -2.49. The highest BCUT2D eigenvalue weighted by Gasteiger charge is 2.37. The maximum absolute atomic E-state index is 11.5. The largest absolute Gasteiger partial charge is 0.480 e. The highest BCUT2D eigenvalue weighted by atomic mass is 16.5.